The number of benzene rings is 1. The molecule has 0 radical (unpaired) electrons. The number of hydrogen-bond donors (Lipinski definition) is 1. The second kappa shape index (κ2) is 7.07. The highest BCUT2D eigenvalue weighted by molar-refractivity contribution is 6.31. The number of aliphatic hydroxyl groups is 1. The van der Waals surface area contributed by atoms with Gasteiger partial charge in [0.1, 0.15) is 6.04 Å². The molecule has 1 aliphatic heterocycles. The Morgan fingerprint density at radius 2 is 2.30 bits per heavy atom. The topological polar surface area (TPSA) is 49.8 Å². The molecule has 1 N–H and O–H groups in total. The van der Waals surface area contributed by atoms with Gasteiger partial charge in [0.2, 0.25) is 0 Å². The van der Waals surface area contributed by atoms with Gasteiger partial charge in [0.05, 0.1) is 7.11 Å². The summed E-state index contributed by atoms with van der Waals surface area (Å²) >= 11 is 6.23. The van der Waals surface area contributed by atoms with E-state index in [2.05, 4.69) is 4.90 Å². The predicted octanol–water partition coefficient (Wildman–Crippen LogP) is 2.26. The first kappa shape index (κ1) is 15.3. The molecule has 2 unspecified atom stereocenters. The third-order valence-electron chi connectivity index (χ3n) is 3.80. The fourth-order valence-corrected chi connectivity index (χ4v) is 3.00. The van der Waals surface area contributed by atoms with E-state index in [-0.39, 0.29) is 18.5 Å². The van der Waals surface area contributed by atoms with E-state index in [9.17, 15) is 9.90 Å². The minimum absolute atomic E-state index is 0.146. The lowest BCUT2D eigenvalue weighted by Gasteiger charge is -2.36. The van der Waals surface area contributed by atoms with E-state index in [4.69, 9.17) is 16.3 Å². The monoisotopic (exact) mass is 297 g/mol. The lowest BCUT2D eigenvalue weighted by atomic mass is 9.95. The Kier molecular flexibility index (Phi) is 5.40. The quantitative estimate of drug-likeness (QED) is 0.866. The Balaban J connectivity index is 2.28. The highest BCUT2D eigenvalue weighted by Crippen LogP contribution is 2.31. The number of rotatable bonds is 4. The third kappa shape index (κ3) is 3.32. The number of piperidine rings is 1. The van der Waals surface area contributed by atoms with Gasteiger partial charge >= 0.3 is 5.97 Å². The molecule has 1 heterocycles. The summed E-state index contributed by atoms with van der Waals surface area (Å²) in [7, 11) is 1.39. The third-order valence-corrected chi connectivity index (χ3v) is 4.14. The van der Waals surface area contributed by atoms with Gasteiger partial charge in [-0.3, -0.25) is 4.90 Å². The van der Waals surface area contributed by atoms with E-state index in [0.717, 1.165) is 24.9 Å². The van der Waals surface area contributed by atoms with Crippen LogP contribution in [0.2, 0.25) is 5.02 Å². The zero-order chi connectivity index (χ0) is 14.5. The number of halogens is 1. The van der Waals surface area contributed by atoms with Gasteiger partial charge in [-0.25, -0.2) is 4.79 Å². The molecule has 2 rings (SSSR count). The molecule has 0 saturated carbocycles. The lowest BCUT2D eigenvalue weighted by molar-refractivity contribution is -0.148. The molecular weight excluding hydrogens is 278 g/mol. The number of hydrogen-bond acceptors (Lipinski definition) is 4. The van der Waals surface area contributed by atoms with E-state index in [1.54, 1.807) is 6.07 Å². The molecule has 1 aromatic rings. The average Bonchev–Trinajstić information content (AvgIpc) is 2.49. The van der Waals surface area contributed by atoms with Crippen LogP contribution in [-0.4, -0.2) is 42.8 Å². The second-order valence-corrected chi connectivity index (χ2v) is 5.54. The molecule has 0 aliphatic carbocycles. The van der Waals surface area contributed by atoms with Crippen LogP contribution in [0.3, 0.4) is 0 Å². The first-order valence-electron chi connectivity index (χ1n) is 6.84. The van der Waals surface area contributed by atoms with Crippen LogP contribution in [-0.2, 0) is 9.53 Å². The fourth-order valence-electron chi connectivity index (χ4n) is 2.76. The molecule has 0 aromatic heterocycles. The van der Waals surface area contributed by atoms with Crippen LogP contribution in [0.15, 0.2) is 24.3 Å². The summed E-state index contributed by atoms with van der Waals surface area (Å²) in [6, 6.07) is 6.84. The molecule has 4 nitrogen and oxygen atoms in total. The highest BCUT2D eigenvalue weighted by Gasteiger charge is 2.33. The van der Waals surface area contributed by atoms with Crippen molar-refractivity contribution in [2.75, 3.05) is 26.8 Å². The molecule has 110 valence electrons. The molecular formula is C15H20ClNO3. The summed E-state index contributed by atoms with van der Waals surface area (Å²) < 4.78 is 4.94. The molecule has 0 bridgehead atoms. The van der Waals surface area contributed by atoms with Gasteiger partial charge < -0.3 is 9.84 Å². The van der Waals surface area contributed by atoms with E-state index in [1.807, 2.05) is 18.2 Å². The van der Waals surface area contributed by atoms with Crippen molar-refractivity contribution < 1.29 is 14.6 Å². The molecule has 0 spiro atoms. The summed E-state index contributed by atoms with van der Waals surface area (Å²) in [6.45, 7) is 1.63. The number of likely N-dealkylation sites (tertiary alicyclic amines) is 1. The van der Waals surface area contributed by atoms with Crippen molar-refractivity contribution >= 4 is 17.6 Å². The van der Waals surface area contributed by atoms with Gasteiger partial charge in [0.25, 0.3) is 0 Å². The molecule has 1 fully saturated rings. The van der Waals surface area contributed by atoms with Crippen LogP contribution in [0.1, 0.15) is 24.4 Å². The molecule has 0 amide bonds. The molecule has 1 saturated heterocycles. The number of ether oxygens (including phenoxy) is 1. The number of esters is 1. The molecule has 1 aromatic carbocycles. The van der Waals surface area contributed by atoms with E-state index in [0.29, 0.717) is 11.6 Å². The smallest absolute Gasteiger partial charge is 0.327 e. The van der Waals surface area contributed by atoms with Crippen molar-refractivity contribution in [3.8, 4) is 0 Å². The molecule has 5 heteroatoms. The lowest BCUT2D eigenvalue weighted by Crippen LogP contribution is -2.42. The van der Waals surface area contributed by atoms with Gasteiger partial charge in [0, 0.05) is 18.2 Å². The zero-order valence-electron chi connectivity index (χ0n) is 11.6. The van der Waals surface area contributed by atoms with E-state index in [1.165, 1.54) is 7.11 Å². The summed E-state index contributed by atoms with van der Waals surface area (Å²) in [6.07, 6.45) is 1.95. The maximum absolute atomic E-state index is 12.2. The second-order valence-electron chi connectivity index (χ2n) is 5.13. The number of carbonyl (C=O) groups is 1. The standard InChI is InChI=1S/C15H20ClNO3/c1-20-15(19)14(12-6-2-3-7-13(12)16)17-8-4-5-11(9-17)10-18/h2-3,6-7,11,14,18H,4-5,8-10H2,1H3. The Labute approximate surface area is 124 Å². The first-order chi connectivity index (χ1) is 9.67. The fraction of sp³-hybridized carbons (Fsp3) is 0.533. The van der Waals surface area contributed by atoms with Crippen LogP contribution >= 0.6 is 11.6 Å². The molecule has 2 atom stereocenters. The van der Waals surface area contributed by atoms with Crippen molar-refractivity contribution in [1.82, 2.24) is 4.90 Å². The zero-order valence-corrected chi connectivity index (χ0v) is 12.3. The summed E-state index contributed by atoms with van der Waals surface area (Å²) in [5.74, 6) is -0.102. The SMILES string of the molecule is COC(=O)C(c1ccccc1Cl)N1CCCC(CO)C1. The number of carbonyl (C=O) groups excluding carboxylic acids is 1. The van der Waals surface area contributed by atoms with Crippen molar-refractivity contribution in [3.05, 3.63) is 34.9 Å². The van der Waals surface area contributed by atoms with Gasteiger partial charge in [-0.1, -0.05) is 29.8 Å². The Bertz CT molecular complexity index is 466. The van der Waals surface area contributed by atoms with E-state index < -0.39 is 6.04 Å². The highest BCUT2D eigenvalue weighted by atomic mass is 35.5. The Morgan fingerprint density at radius 3 is 2.95 bits per heavy atom. The minimum Gasteiger partial charge on any atom is -0.468 e. The van der Waals surface area contributed by atoms with Crippen molar-refractivity contribution in [2.24, 2.45) is 5.92 Å². The largest absolute Gasteiger partial charge is 0.468 e. The molecule has 20 heavy (non-hydrogen) atoms. The predicted molar refractivity (Wildman–Crippen MR) is 77.6 cm³/mol. The number of nitrogens with zero attached hydrogens (tertiary/aromatic N) is 1. The van der Waals surface area contributed by atoms with E-state index >= 15 is 0 Å². The van der Waals surface area contributed by atoms with Gasteiger partial charge in [0.15, 0.2) is 0 Å². The van der Waals surface area contributed by atoms with Gasteiger partial charge in [-0.15, -0.1) is 0 Å². The maximum atomic E-state index is 12.2. The maximum Gasteiger partial charge on any atom is 0.327 e. The minimum atomic E-state index is -0.497. The van der Waals surface area contributed by atoms with Crippen LogP contribution in [0.5, 0.6) is 0 Å². The summed E-state index contributed by atoms with van der Waals surface area (Å²) in [5, 5.41) is 9.91. The Morgan fingerprint density at radius 1 is 1.55 bits per heavy atom. The normalized spacial score (nSPS) is 21.4. The number of aliphatic hydroxyl groups excluding tert-OH is 1. The van der Waals surface area contributed by atoms with Crippen molar-refractivity contribution in [2.45, 2.75) is 18.9 Å². The van der Waals surface area contributed by atoms with Gasteiger partial charge in [-0.2, -0.15) is 0 Å². The summed E-state index contributed by atoms with van der Waals surface area (Å²) in [4.78, 5) is 14.2. The van der Waals surface area contributed by atoms with Crippen molar-refractivity contribution in [3.63, 3.8) is 0 Å². The summed E-state index contributed by atoms with van der Waals surface area (Å²) in [5.41, 5.74) is 0.764. The first-order valence-corrected chi connectivity index (χ1v) is 7.22. The van der Waals surface area contributed by atoms with Crippen LogP contribution < -0.4 is 0 Å². The molecule has 1 aliphatic rings. The average molecular weight is 298 g/mol. The Hall–Kier alpha value is -1.10. The van der Waals surface area contributed by atoms with Crippen LogP contribution in [0.25, 0.3) is 0 Å². The number of methoxy groups -OCH3 is 1. The van der Waals surface area contributed by atoms with Gasteiger partial charge in [-0.05, 0) is 36.9 Å². The van der Waals surface area contributed by atoms with Crippen LogP contribution in [0, 0.1) is 5.92 Å². The van der Waals surface area contributed by atoms with Crippen molar-refractivity contribution in [1.29, 1.82) is 0 Å². The van der Waals surface area contributed by atoms with Crippen LogP contribution in [0.4, 0.5) is 0 Å².